The van der Waals surface area contributed by atoms with Crippen LogP contribution in [-0.4, -0.2) is 24.6 Å². The van der Waals surface area contributed by atoms with E-state index < -0.39 is 0 Å². The molecule has 4 heteroatoms. The lowest BCUT2D eigenvalue weighted by Crippen LogP contribution is -2.21. The van der Waals surface area contributed by atoms with Crippen molar-refractivity contribution in [1.29, 1.82) is 0 Å². The van der Waals surface area contributed by atoms with Gasteiger partial charge < -0.3 is 10.2 Å². The lowest BCUT2D eigenvalue weighted by atomic mass is 9.95. The van der Waals surface area contributed by atoms with Crippen LogP contribution in [0.5, 0.6) is 0 Å². The smallest absolute Gasteiger partial charge is 0.185 e. The molecule has 0 spiro atoms. The fraction of sp³-hybridized carbons (Fsp3) is 0.824. The third kappa shape index (κ3) is 4.19. The van der Waals surface area contributed by atoms with E-state index in [0.29, 0.717) is 5.92 Å². The van der Waals surface area contributed by atoms with Gasteiger partial charge in [-0.3, -0.25) is 0 Å². The van der Waals surface area contributed by atoms with Gasteiger partial charge in [0.2, 0.25) is 0 Å². The van der Waals surface area contributed by atoms with Crippen molar-refractivity contribution in [3.8, 4) is 0 Å². The highest BCUT2D eigenvalue weighted by atomic mass is 32.1. The zero-order valence-corrected chi connectivity index (χ0v) is 15.1. The van der Waals surface area contributed by atoms with Gasteiger partial charge in [-0.05, 0) is 37.1 Å². The molecule has 1 saturated heterocycles. The molecule has 0 aliphatic carbocycles. The molecule has 1 unspecified atom stereocenters. The van der Waals surface area contributed by atoms with E-state index in [0.717, 1.165) is 24.9 Å². The van der Waals surface area contributed by atoms with E-state index >= 15 is 0 Å². The Labute approximate surface area is 134 Å². The Hall–Kier alpha value is -0.610. The van der Waals surface area contributed by atoms with Crippen molar-refractivity contribution < 1.29 is 0 Å². The summed E-state index contributed by atoms with van der Waals surface area (Å²) < 4.78 is 0. The molecule has 1 aromatic heterocycles. The number of thiazole rings is 1. The first-order valence-electron chi connectivity index (χ1n) is 8.48. The average molecular weight is 310 g/mol. The average Bonchev–Trinajstić information content (AvgIpc) is 3.05. The Morgan fingerprint density at radius 2 is 2.10 bits per heavy atom. The van der Waals surface area contributed by atoms with Gasteiger partial charge in [0, 0.05) is 24.5 Å². The van der Waals surface area contributed by atoms with E-state index in [1.54, 1.807) is 0 Å². The van der Waals surface area contributed by atoms with Gasteiger partial charge in [0.05, 0.1) is 5.69 Å². The summed E-state index contributed by atoms with van der Waals surface area (Å²) in [7, 11) is 0. The fourth-order valence-corrected chi connectivity index (χ4v) is 4.17. The van der Waals surface area contributed by atoms with Gasteiger partial charge >= 0.3 is 0 Å². The highest BCUT2D eigenvalue weighted by Crippen LogP contribution is 2.34. The van der Waals surface area contributed by atoms with Crippen molar-refractivity contribution in [2.24, 2.45) is 11.8 Å². The van der Waals surface area contributed by atoms with Crippen LogP contribution in [0.1, 0.15) is 63.9 Å². The van der Waals surface area contributed by atoms with Gasteiger partial charge in [0.1, 0.15) is 0 Å². The number of hydrogen-bond donors (Lipinski definition) is 1. The largest absolute Gasteiger partial charge is 0.348 e. The summed E-state index contributed by atoms with van der Waals surface area (Å²) in [6.07, 6.45) is 2.50. The molecule has 0 amide bonds. The summed E-state index contributed by atoms with van der Waals surface area (Å²) in [5.41, 5.74) is 1.30. The fourth-order valence-electron chi connectivity index (χ4n) is 2.95. The lowest BCUT2D eigenvalue weighted by Gasteiger charge is -2.16. The molecule has 120 valence electrons. The topological polar surface area (TPSA) is 28.2 Å². The molecule has 2 rings (SSSR count). The molecule has 1 N–H and O–H groups in total. The zero-order chi connectivity index (χ0) is 15.4. The van der Waals surface area contributed by atoms with E-state index in [1.807, 2.05) is 11.3 Å². The standard InChI is InChI=1S/C17H31N3S/c1-6-8-18-10-15-16(13(4)5)19-17(21-15)20-9-7-14(11-20)12(2)3/h12-14,18H,6-11H2,1-5H3. The van der Waals surface area contributed by atoms with Crippen LogP contribution in [-0.2, 0) is 6.54 Å². The van der Waals surface area contributed by atoms with Crippen LogP contribution in [0.4, 0.5) is 5.13 Å². The summed E-state index contributed by atoms with van der Waals surface area (Å²) in [6, 6.07) is 0. The highest BCUT2D eigenvalue weighted by molar-refractivity contribution is 7.15. The molecule has 0 radical (unpaired) electrons. The van der Waals surface area contributed by atoms with Gasteiger partial charge in [-0.25, -0.2) is 4.98 Å². The number of hydrogen-bond acceptors (Lipinski definition) is 4. The third-order valence-corrected chi connectivity index (χ3v) is 5.55. The Morgan fingerprint density at radius 3 is 2.67 bits per heavy atom. The molecule has 1 aliphatic heterocycles. The van der Waals surface area contributed by atoms with Crippen molar-refractivity contribution in [3.63, 3.8) is 0 Å². The minimum absolute atomic E-state index is 0.511. The Balaban J connectivity index is 2.08. The summed E-state index contributed by atoms with van der Waals surface area (Å²) >= 11 is 1.90. The Bertz CT molecular complexity index is 439. The predicted octanol–water partition coefficient (Wildman–Crippen LogP) is 4.25. The summed E-state index contributed by atoms with van der Waals surface area (Å²) in [4.78, 5) is 8.91. The van der Waals surface area contributed by atoms with Crippen LogP contribution in [0, 0.1) is 11.8 Å². The van der Waals surface area contributed by atoms with Crippen molar-refractivity contribution in [1.82, 2.24) is 10.3 Å². The first-order chi connectivity index (χ1) is 10.0. The molecule has 2 heterocycles. The molecule has 0 saturated carbocycles. The van der Waals surface area contributed by atoms with E-state index in [1.165, 1.54) is 41.6 Å². The van der Waals surface area contributed by atoms with Gasteiger partial charge in [-0.15, -0.1) is 11.3 Å². The number of anilines is 1. The molecular formula is C17H31N3S. The molecule has 1 atom stereocenters. The minimum atomic E-state index is 0.511. The van der Waals surface area contributed by atoms with Crippen LogP contribution in [0.25, 0.3) is 0 Å². The normalized spacial score (nSPS) is 19.2. The second-order valence-corrected chi connectivity index (χ2v) is 7.94. The molecule has 1 fully saturated rings. The van der Waals surface area contributed by atoms with E-state index in [4.69, 9.17) is 4.98 Å². The summed E-state index contributed by atoms with van der Waals surface area (Å²) in [6.45, 7) is 15.8. The second kappa shape index (κ2) is 7.59. The highest BCUT2D eigenvalue weighted by Gasteiger charge is 2.27. The quantitative estimate of drug-likeness (QED) is 0.763. The second-order valence-electron chi connectivity index (χ2n) is 6.88. The number of aromatic nitrogens is 1. The van der Waals surface area contributed by atoms with Crippen LogP contribution in [0.2, 0.25) is 0 Å². The summed E-state index contributed by atoms with van der Waals surface area (Å²) in [5, 5.41) is 4.77. The van der Waals surface area contributed by atoms with Crippen LogP contribution >= 0.6 is 11.3 Å². The minimum Gasteiger partial charge on any atom is -0.348 e. The summed E-state index contributed by atoms with van der Waals surface area (Å²) in [5.74, 6) is 2.13. The molecule has 3 nitrogen and oxygen atoms in total. The molecule has 0 bridgehead atoms. The Kier molecular flexibility index (Phi) is 6.06. The zero-order valence-electron chi connectivity index (χ0n) is 14.3. The van der Waals surface area contributed by atoms with Gasteiger partial charge in [-0.1, -0.05) is 34.6 Å². The van der Waals surface area contributed by atoms with E-state index in [-0.39, 0.29) is 0 Å². The van der Waals surface area contributed by atoms with Gasteiger partial charge in [0.15, 0.2) is 5.13 Å². The van der Waals surface area contributed by atoms with Crippen molar-refractivity contribution in [3.05, 3.63) is 10.6 Å². The van der Waals surface area contributed by atoms with Crippen LogP contribution < -0.4 is 10.2 Å². The number of nitrogens with zero attached hydrogens (tertiary/aromatic N) is 2. The maximum atomic E-state index is 4.97. The first kappa shape index (κ1) is 16.8. The molecule has 1 aliphatic rings. The lowest BCUT2D eigenvalue weighted by molar-refractivity contribution is 0.422. The van der Waals surface area contributed by atoms with E-state index in [9.17, 15) is 0 Å². The van der Waals surface area contributed by atoms with Crippen LogP contribution in [0.15, 0.2) is 0 Å². The maximum Gasteiger partial charge on any atom is 0.185 e. The number of rotatable bonds is 7. The van der Waals surface area contributed by atoms with Crippen molar-refractivity contribution >= 4 is 16.5 Å². The predicted molar refractivity (Wildman–Crippen MR) is 93.4 cm³/mol. The van der Waals surface area contributed by atoms with Gasteiger partial charge in [-0.2, -0.15) is 0 Å². The van der Waals surface area contributed by atoms with Gasteiger partial charge in [0.25, 0.3) is 0 Å². The van der Waals surface area contributed by atoms with E-state index in [2.05, 4.69) is 44.8 Å². The molecule has 1 aromatic rings. The number of nitrogens with one attached hydrogen (secondary N) is 1. The van der Waals surface area contributed by atoms with Crippen molar-refractivity contribution in [2.45, 2.75) is 59.9 Å². The SMILES string of the molecule is CCCNCc1sc(N2CCC(C(C)C)C2)nc1C(C)C. The molecular weight excluding hydrogens is 278 g/mol. The Morgan fingerprint density at radius 1 is 1.33 bits per heavy atom. The molecule has 0 aromatic carbocycles. The monoisotopic (exact) mass is 309 g/mol. The first-order valence-corrected chi connectivity index (χ1v) is 9.29. The van der Waals surface area contributed by atoms with Crippen molar-refractivity contribution in [2.75, 3.05) is 24.5 Å². The maximum absolute atomic E-state index is 4.97. The molecule has 21 heavy (non-hydrogen) atoms. The van der Waals surface area contributed by atoms with Crippen LogP contribution in [0.3, 0.4) is 0 Å². The third-order valence-electron chi connectivity index (χ3n) is 4.41.